The van der Waals surface area contributed by atoms with E-state index in [9.17, 15) is 17.6 Å². The molecule has 2 aromatic carbocycles. The van der Waals surface area contributed by atoms with Crippen LogP contribution in [0.5, 0.6) is 0 Å². The number of ether oxygens (including phenoxy) is 2. The number of benzene rings is 2. The summed E-state index contributed by atoms with van der Waals surface area (Å²) in [4.78, 5) is 12.2. The maximum Gasteiger partial charge on any atom is 0.338 e. The second-order valence-electron chi connectivity index (χ2n) is 6.16. The van der Waals surface area contributed by atoms with Gasteiger partial charge in [0, 0.05) is 13.2 Å². The summed E-state index contributed by atoms with van der Waals surface area (Å²) in [6.07, 6.45) is 0. The lowest BCUT2D eigenvalue weighted by atomic mass is 10.2. The molecule has 10 heteroatoms. The van der Waals surface area contributed by atoms with Crippen LogP contribution in [0, 0.1) is 5.82 Å². The number of hydrogen-bond acceptors (Lipinski definition) is 6. The Morgan fingerprint density at radius 3 is 2.53 bits per heavy atom. The van der Waals surface area contributed by atoms with Gasteiger partial charge in [0.1, 0.15) is 5.82 Å². The van der Waals surface area contributed by atoms with Crippen LogP contribution in [0.4, 0.5) is 4.39 Å². The van der Waals surface area contributed by atoms with E-state index in [1.54, 1.807) is 29.7 Å². The van der Waals surface area contributed by atoms with Gasteiger partial charge in [-0.2, -0.15) is 8.42 Å². The number of aromatic nitrogens is 1. The van der Waals surface area contributed by atoms with E-state index < -0.39 is 21.8 Å². The van der Waals surface area contributed by atoms with Crippen LogP contribution in [-0.2, 0) is 26.0 Å². The molecule has 1 aromatic heterocycles. The van der Waals surface area contributed by atoms with Crippen LogP contribution in [-0.4, -0.2) is 38.8 Å². The molecule has 0 saturated heterocycles. The highest BCUT2D eigenvalue weighted by Gasteiger charge is 2.16. The predicted molar refractivity (Wildman–Crippen MR) is 111 cm³/mol. The van der Waals surface area contributed by atoms with Gasteiger partial charge in [0.25, 0.3) is 10.0 Å². The highest BCUT2D eigenvalue weighted by atomic mass is 32.2. The van der Waals surface area contributed by atoms with Gasteiger partial charge in [0.2, 0.25) is 4.80 Å². The summed E-state index contributed by atoms with van der Waals surface area (Å²) in [5.74, 6) is -0.986. The van der Waals surface area contributed by atoms with Gasteiger partial charge in [-0.25, -0.2) is 9.18 Å². The highest BCUT2D eigenvalue weighted by molar-refractivity contribution is 7.90. The van der Waals surface area contributed by atoms with Gasteiger partial charge in [-0.05, 0) is 56.3 Å². The molecule has 160 valence electrons. The zero-order valence-corrected chi connectivity index (χ0v) is 18.1. The van der Waals surface area contributed by atoms with Gasteiger partial charge in [-0.15, -0.1) is 4.40 Å². The molecule has 0 amide bonds. The van der Waals surface area contributed by atoms with Crippen molar-refractivity contribution >= 4 is 37.5 Å². The van der Waals surface area contributed by atoms with Gasteiger partial charge in [-0.1, -0.05) is 11.3 Å². The average molecular weight is 453 g/mol. The Labute approximate surface area is 177 Å². The molecule has 3 rings (SSSR count). The number of carbonyl (C=O) groups excluding carboxylic acids is 1. The van der Waals surface area contributed by atoms with E-state index in [2.05, 4.69) is 4.40 Å². The van der Waals surface area contributed by atoms with E-state index in [0.717, 1.165) is 29.0 Å². The third-order valence-corrected chi connectivity index (χ3v) is 6.60. The lowest BCUT2D eigenvalue weighted by Crippen LogP contribution is -2.20. The van der Waals surface area contributed by atoms with Crippen molar-refractivity contribution in [2.75, 3.05) is 19.8 Å². The molecule has 0 saturated carbocycles. The minimum absolute atomic E-state index is 0.107. The van der Waals surface area contributed by atoms with Crippen molar-refractivity contribution in [2.45, 2.75) is 25.3 Å². The fraction of sp³-hybridized carbons (Fsp3) is 0.300. The average Bonchev–Trinajstić information content (AvgIpc) is 3.04. The monoisotopic (exact) mass is 452 g/mol. The normalized spacial score (nSPS) is 12.4. The molecule has 1 heterocycles. The number of hydrogen-bond donors (Lipinski definition) is 0. The van der Waals surface area contributed by atoms with Crippen LogP contribution in [0.2, 0.25) is 0 Å². The molecule has 0 fully saturated rings. The molecule has 7 nitrogen and oxygen atoms in total. The topological polar surface area (TPSA) is 87.0 Å². The first-order valence-electron chi connectivity index (χ1n) is 9.30. The Morgan fingerprint density at radius 2 is 1.87 bits per heavy atom. The number of sulfonamides is 1. The van der Waals surface area contributed by atoms with E-state index in [1.807, 2.05) is 6.92 Å². The van der Waals surface area contributed by atoms with Crippen LogP contribution in [0.15, 0.2) is 51.8 Å². The minimum Gasteiger partial charge on any atom is -0.462 e. The molecule has 0 aliphatic carbocycles. The quantitative estimate of drug-likeness (QED) is 0.386. The number of esters is 1. The Hall–Kier alpha value is -2.56. The zero-order valence-electron chi connectivity index (χ0n) is 16.5. The third-order valence-electron chi connectivity index (χ3n) is 4.17. The number of fused-ring (bicyclic) bond motifs is 1. The van der Waals surface area contributed by atoms with Crippen molar-refractivity contribution in [3.8, 4) is 0 Å². The molecule has 0 atom stereocenters. The number of nitrogens with zero attached hydrogens (tertiary/aromatic N) is 2. The summed E-state index contributed by atoms with van der Waals surface area (Å²) in [5, 5.41) is 0. The van der Waals surface area contributed by atoms with E-state index in [1.165, 1.54) is 12.1 Å². The Kier molecular flexibility index (Phi) is 7.01. The highest BCUT2D eigenvalue weighted by Crippen LogP contribution is 2.21. The summed E-state index contributed by atoms with van der Waals surface area (Å²) in [6.45, 7) is 5.12. The molecular weight excluding hydrogens is 431 g/mol. The van der Waals surface area contributed by atoms with Crippen molar-refractivity contribution in [1.82, 2.24) is 4.57 Å². The first-order valence-corrected chi connectivity index (χ1v) is 11.6. The second-order valence-corrected chi connectivity index (χ2v) is 8.77. The van der Waals surface area contributed by atoms with Crippen LogP contribution >= 0.6 is 11.3 Å². The summed E-state index contributed by atoms with van der Waals surface area (Å²) in [6, 6.07) is 9.49. The fourth-order valence-electron chi connectivity index (χ4n) is 2.76. The van der Waals surface area contributed by atoms with Gasteiger partial charge >= 0.3 is 5.97 Å². The fourth-order valence-corrected chi connectivity index (χ4v) is 5.06. The molecule has 3 aromatic rings. The lowest BCUT2D eigenvalue weighted by Gasteiger charge is -2.06. The molecule has 30 heavy (non-hydrogen) atoms. The Morgan fingerprint density at radius 1 is 1.13 bits per heavy atom. The summed E-state index contributed by atoms with van der Waals surface area (Å²) < 4.78 is 55.4. The van der Waals surface area contributed by atoms with E-state index >= 15 is 0 Å². The van der Waals surface area contributed by atoms with Crippen molar-refractivity contribution in [1.29, 1.82) is 0 Å². The molecule has 0 unspecified atom stereocenters. The molecule has 0 radical (unpaired) electrons. The number of carbonyl (C=O) groups is 1. The standard InChI is InChI=1S/C20H21FN2O5S2/c1-3-27-12-11-23-17-10-5-14(19(24)28-4-2)13-18(17)29-20(23)22-30(25,26)16-8-6-15(21)7-9-16/h5-10,13H,3-4,11-12H2,1-2H3. The van der Waals surface area contributed by atoms with Gasteiger partial charge in [-0.3, -0.25) is 0 Å². The first kappa shape index (κ1) is 22.1. The SMILES string of the molecule is CCOCCn1c(=NS(=O)(=O)c2ccc(F)cc2)sc2cc(C(=O)OCC)ccc21. The Bertz CT molecular complexity index is 1210. The molecule has 0 N–H and O–H groups in total. The van der Waals surface area contributed by atoms with E-state index in [4.69, 9.17) is 9.47 Å². The van der Waals surface area contributed by atoms with Gasteiger partial charge in [0.15, 0.2) is 0 Å². The lowest BCUT2D eigenvalue weighted by molar-refractivity contribution is 0.0526. The molecule has 0 aliphatic rings. The number of thiazole rings is 1. The smallest absolute Gasteiger partial charge is 0.338 e. The molecule has 0 spiro atoms. The first-order chi connectivity index (χ1) is 14.4. The van der Waals surface area contributed by atoms with Crippen LogP contribution in [0.25, 0.3) is 10.2 Å². The van der Waals surface area contributed by atoms with Crippen LogP contribution < -0.4 is 4.80 Å². The van der Waals surface area contributed by atoms with Crippen LogP contribution in [0.1, 0.15) is 24.2 Å². The summed E-state index contributed by atoms with van der Waals surface area (Å²) in [5.41, 5.74) is 1.09. The molecular formula is C20H21FN2O5S2. The zero-order chi connectivity index (χ0) is 21.7. The van der Waals surface area contributed by atoms with Gasteiger partial charge < -0.3 is 14.0 Å². The minimum atomic E-state index is -4.05. The Balaban J connectivity index is 2.13. The predicted octanol–water partition coefficient (Wildman–Crippen LogP) is 3.34. The van der Waals surface area contributed by atoms with Gasteiger partial charge in [0.05, 0.1) is 33.9 Å². The number of rotatable bonds is 8. The van der Waals surface area contributed by atoms with E-state index in [-0.39, 0.29) is 16.3 Å². The largest absolute Gasteiger partial charge is 0.462 e. The summed E-state index contributed by atoms with van der Waals surface area (Å²) in [7, 11) is -4.05. The second kappa shape index (κ2) is 9.50. The van der Waals surface area contributed by atoms with Crippen LogP contribution in [0.3, 0.4) is 0 Å². The van der Waals surface area contributed by atoms with Crippen molar-refractivity contribution < 1.29 is 27.1 Å². The maximum absolute atomic E-state index is 13.2. The molecule has 0 aliphatic heterocycles. The summed E-state index contributed by atoms with van der Waals surface area (Å²) >= 11 is 1.14. The van der Waals surface area contributed by atoms with Crippen molar-refractivity contribution in [3.63, 3.8) is 0 Å². The van der Waals surface area contributed by atoms with Crippen molar-refractivity contribution in [3.05, 3.63) is 58.6 Å². The van der Waals surface area contributed by atoms with Crippen molar-refractivity contribution in [2.24, 2.45) is 4.40 Å². The maximum atomic E-state index is 13.2. The molecule has 0 bridgehead atoms. The van der Waals surface area contributed by atoms with E-state index in [0.29, 0.717) is 30.0 Å². The third kappa shape index (κ3) is 4.94. The number of halogens is 1.